The van der Waals surface area contributed by atoms with Gasteiger partial charge in [0, 0.05) is 26.0 Å². The molecule has 1 N–H and O–H groups in total. The van der Waals surface area contributed by atoms with Gasteiger partial charge in [0.15, 0.2) is 5.69 Å². The molecule has 2 rings (SSSR count). The van der Waals surface area contributed by atoms with Crippen LogP contribution in [-0.4, -0.2) is 35.9 Å². The molecule has 0 bridgehead atoms. The summed E-state index contributed by atoms with van der Waals surface area (Å²) < 4.78 is 44.6. The molecule has 1 aromatic rings. The van der Waals surface area contributed by atoms with E-state index in [0.29, 0.717) is 18.8 Å². The third-order valence-electron chi connectivity index (χ3n) is 3.34. The largest absolute Gasteiger partial charge is 0.436 e. The molecule has 1 aromatic heterocycles. The highest BCUT2D eigenvalue weighted by Crippen LogP contribution is 2.46. The van der Waals surface area contributed by atoms with Gasteiger partial charge in [-0.2, -0.15) is 18.3 Å². The van der Waals surface area contributed by atoms with E-state index in [4.69, 9.17) is 16.3 Å². The summed E-state index contributed by atoms with van der Waals surface area (Å²) in [6.45, 7) is 0.809. The zero-order chi connectivity index (χ0) is 16.3. The lowest BCUT2D eigenvalue weighted by Crippen LogP contribution is -2.28. The Morgan fingerprint density at radius 2 is 2.18 bits per heavy atom. The number of ether oxygens (including phenoxy) is 1. The number of halogens is 4. The van der Waals surface area contributed by atoms with Gasteiger partial charge in [0.1, 0.15) is 0 Å². The van der Waals surface area contributed by atoms with E-state index in [-0.39, 0.29) is 29.8 Å². The van der Waals surface area contributed by atoms with E-state index in [1.54, 1.807) is 0 Å². The zero-order valence-electron chi connectivity index (χ0n) is 12.0. The Kier molecular flexibility index (Phi) is 5.33. The van der Waals surface area contributed by atoms with E-state index in [2.05, 4.69) is 10.4 Å². The molecule has 22 heavy (non-hydrogen) atoms. The number of aryl methyl sites for hydroxylation is 1. The van der Waals surface area contributed by atoms with E-state index in [1.807, 2.05) is 0 Å². The normalized spacial score (nSPS) is 15.1. The zero-order valence-corrected chi connectivity index (χ0v) is 12.8. The molecule has 0 radical (unpaired) electrons. The van der Waals surface area contributed by atoms with Crippen molar-refractivity contribution in [2.45, 2.75) is 37.9 Å². The van der Waals surface area contributed by atoms with Crippen molar-refractivity contribution in [1.82, 2.24) is 15.1 Å². The standard InChI is InChI=1S/C13H17ClF3N3O2/c1-22-7-5-18-9(21)4-6-20-11(8-2-3-8)10(14)12(19-20)13(15,16)17/h8H,2-7H2,1H3,(H,18,21). The lowest BCUT2D eigenvalue weighted by atomic mass is 10.2. The molecule has 1 fully saturated rings. The number of methoxy groups -OCH3 is 1. The van der Waals surface area contributed by atoms with Gasteiger partial charge in [-0.1, -0.05) is 11.6 Å². The van der Waals surface area contributed by atoms with Crippen LogP contribution in [0.15, 0.2) is 0 Å². The average molecular weight is 340 g/mol. The maximum Gasteiger partial charge on any atom is 0.436 e. The average Bonchev–Trinajstić information content (AvgIpc) is 3.19. The minimum atomic E-state index is -4.59. The van der Waals surface area contributed by atoms with Crippen LogP contribution in [0.25, 0.3) is 0 Å². The summed E-state index contributed by atoms with van der Waals surface area (Å²) in [5.41, 5.74) is -0.686. The van der Waals surface area contributed by atoms with Crippen LogP contribution in [-0.2, 0) is 22.3 Å². The van der Waals surface area contributed by atoms with Crippen molar-refractivity contribution in [1.29, 1.82) is 0 Å². The molecule has 0 aromatic carbocycles. The predicted molar refractivity (Wildman–Crippen MR) is 73.7 cm³/mol. The summed E-state index contributed by atoms with van der Waals surface area (Å²) in [5, 5.41) is 5.84. The van der Waals surface area contributed by atoms with E-state index in [1.165, 1.54) is 11.8 Å². The van der Waals surface area contributed by atoms with E-state index in [0.717, 1.165) is 12.8 Å². The highest BCUT2D eigenvalue weighted by Gasteiger charge is 2.41. The lowest BCUT2D eigenvalue weighted by Gasteiger charge is -2.07. The van der Waals surface area contributed by atoms with Gasteiger partial charge in [-0.15, -0.1) is 0 Å². The quantitative estimate of drug-likeness (QED) is 0.777. The van der Waals surface area contributed by atoms with Crippen molar-refractivity contribution in [3.8, 4) is 0 Å². The fourth-order valence-corrected chi connectivity index (χ4v) is 2.54. The van der Waals surface area contributed by atoms with Crippen LogP contribution in [0.1, 0.15) is 36.6 Å². The van der Waals surface area contributed by atoms with Crippen molar-refractivity contribution >= 4 is 17.5 Å². The number of rotatable bonds is 7. The molecule has 0 aliphatic heterocycles. The van der Waals surface area contributed by atoms with Crippen molar-refractivity contribution in [3.05, 3.63) is 16.4 Å². The Morgan fingerprint density at radius 1 is 1.50 bits per heavy atom. The number of carbonyl (C=O) groups excluding carboxylic acids is 1. The van der Waals surface area contributed by atoms with Crippen LogP contribution in [0.3, 0.4) is 0 Å². The minimum Gasteiger partial charge on any atom is -0.383 e. The van der Waals surface area contributed by atoms with Crippen LogP contribution in [0.5, 0.6) is 0 Å². The highest BCUT2D eigenvalue weighted by molar-refractivity contribution is 6.32. The molecular formula is C13H17ClF3N3O2. The molecule has 1 saturated carbocycles. The summed E-state index contributed by atoms with van der Waals surface area (Å²) in [4.78, 5) is 11.6. The van der Waals surface area contributed by atoms with Crippen molar-refractivity contribution in [2.75, 3.05) is 20.3 Å². The van der Waals surface area contributed by atoms with Crippen LogP contribution in [0, 0.1) is 0 Å². The van der Waals surface area contributed by atoms with Gasteiger partial charge in [0.2, 0.25) is 5.91 Å². The summed E-state index contributed by atoms with van der Waals surface area (Å²) >= 11 is 5.85. The second kappa shape index (κ2) is 6.87. The van der Waals surface area contributed by atoms with E-state index < -0.39 is 11.9 Å². The number of amides is 1. The van der Waals surface area contributed by atoms with Crippen molar-refractivity contribution < 1.29 is 22.7 Å². The summed E-state index contributed by atoms with van der Waals surface area (Å²) in [6, 6.07) is 0. The van der Waals surface area contributed by atoms with Gasteiger partial charge < -0.3 is 10.1 Å². The molecule has 1 heterocycles. The van der Waals surface area contributed by atoms with Gasteiger partial charge in [0.25, 0.3) is 0 Å². The molecule has 0 saturated heterocycles. The van der Waals surface area contributed by atoms with Crippen LogP contribution in [0.4, 0.5) is 13.2 Å². The van der Waals surface area contributed by atoms with Gasteiger partial charge in [-0.05, 0) is 12.8 Å². The van der Waals surface area contributed by atoms with Crippen LogP contribution in [0.2, 0.25) is 5.02 Å². The fraction of sp³-hybridized carbons (Fsp3) is 0.692. The smallest absolute Gasteiger partial charge is 0.383 e. The highest BCUT2D eigenvalue weighted by atomic mass is 35.5. The first-order valence-corrected chi connectivity index (χ1v) is 7.31. The molecule has 1 aliphatic carbocycles. The molecule has 1 amide bonds. The number of carbonyl (C=O) groups is 1. The van der Waals surface area contributed by atoms with Crippen molar-refractivity contribution in [3.63, 3.8) is 0 Å². The summed E-state index contributed by atoms with van der Waals surface area (Å²) in [5.74, 6) is -0.258. The molecule has 9 heteroatoms. The van der Waals surface area contributed by atoms with E-state index in [9.17, 15) is 18.0 Å². The molecule has 0 spiro atoms. The minimum absolute atomic E-state index is 0.00709. The Balaban J connectivity index is 2.05. The first-order chi connectivity index (χ1) is 10.3. The second-order valence-corrected chi connectivity index (χ2v) is 5.51. The number of aromatic nitrogens is 2. The maximum atomic E-state index is 12.9. The molecule has 124 valence electrons. The molecule has 0 atom stereocenters. The van der Waals surface area contributed by atoms with Gasteiger partial charge in [0.05, 0.1) is 23.9 Å². The monoisotopic (exact) mass is 339 g/mol. The lowest BCUT2D eigenvalue weighted by molar-refractivity contribution is -0.141. The van der Waals surface area contributed by atoms with E-state index >= 15 is 0 Å². The van der Waals surface area contributed by atoms with Gasteiger partial charge in [-0.3, -0.25) is 9.48 Å². The number of alkyl halides is 3. The van der Waals surface area contributed by atoms with Gasteiger partial charge in [-0.25, -0.2) is 0 Å². The number of hydrogen-bond acceptors (Lipinski definition) is 3. The van der Waals surface area contributed by atoms with Crippen LogP contribution >= 0.6 is 11.6 Å². The Bertz CT molecular complexity index is 541. The van der Waals surface area contributed by atoms with Crippen molar-refractivity contribution in [2.24, 2.45) is 0 Å². The predicted octanol–water partition coefficient (Wildman–Crippen LogP) is 2.59. The SMILES string of the molecule is COCCNC(=O)CCn1nc(C(F)(F)F)c(Cl)c1C1CC1. The number of hydrogen-bond donors (Lipinski definition) is 1. The second-order valence-electron chi connectivity index (χ2n) is 5.14. The topological polar surface area (TPSA) is 56.1 Å². The number of nitrogens with zero attached hydrogens (tertiary/aromatic N) is 2. The Morgan fingerprint density at radius 3 is 2.73 bits per heavy atom. The molecular weight excluding hydrogens is 323 g/mol. The Hall–Kier alpha value is -1.28. The van der Waals surface area contributed by atoms with Gasteiger partial charge >= 0.3 is 6.18 Å². The first kappa shape index (κ1) is 17.1. The third kappa shape index (κ3) is 4.13. The first-order valence-electron chi connectivity index (χ1n) is 6.93. The molecule has 5 nitrogen and oxygen atoms in total. The molecule has 1 aliphatic rings. The summed E-state index contributed by atoms with van der Waals surface area (Å²) in [7, 11) is 1.51. The summed E-state index contributed by atoms with van der Waals surface area (Å²) in [6.07, 6.45) is -2.96. The number of nitrogens with one attached hydrogen (secondary N) is 1. The fourth-order valence-electron chi connectivity index (χ4n) is 2.14. The maximum absolute atomic E-state index is 12.9. The molecule has 0 unspecified atom stereocenters. The third-order valence-corrected chi connectivity index (χ3v) is 3.72. The Labute approximate surface area is 130 Å². The van der Waals surface area contributed by atoms with Crippen LogP contribution < -0.4 is 5.32 Å².